The lowest BCUT2D eigenvalue weighted by atomic mass is 10.0. The van der Waals surface area contributed by atoms with E-state index in [0.29, 0.717) is 0 Å². The van der Waals surface area contributed by atoms with Crippen LogP contribution in [0.25, 0.3) is 22.1 Å². The third-order valence-corrected chi connectivity index (χ3v) is 4.32. The van der Waals surface area contributed by atoms with Crippen LogP contribution in [0.4, 0.5) is 0 Å². The van der Waals surface area contributed by atoms with Gasteiger partial charge in [0.05, 0.1) is 5.33 Å². The van der Waals surface area contributed by atoms with Crippen LogP contribution in [0.15, 0.2) is 52.9 Å². The number of hydrogen-bond donors (Lipinski definition) is 0. The highest BCUT2D eigenvalue weighted by Crippen LogP contribution is 2.36. The first kappa shape index (κ1) is 12.9. The largest absolute Gasteiger partial charge is 0.460 e. The van der Waals surface area contributed by atoms with E-state index in [1.165, 1.54) is 22.1 Å². The van der Waals surface area contributed by atoms with Gasteiger partial charge in [-0.05, 0) is 23.3 Å². The molecule has 0 radical (unpaired) electrons. The van der Waals surface area contributed by atoms with Crippen molar-refractivity contribution < 1.29 is 4.42 Å². The van der Waals surface area contributed by atoms with Crippen LogP contribution >= 0.6 is 31.9 Å². The average molecular weight is 380 g/mol. The van der Waals surface area contributed by atoms with Crippen molar-refractivity contribution in [2.24, 2.45) is 0 Å². The quantitative estimate of drug-likeness (QED) is 0.517. The first-order chi connectivity index (χ1) is 9.33. The summed E-state index contributed by atoms with van der Waals surface area (Å²) in [7, 11) is 0. The molecular weight excluding hydrogens is 368 g/mol. The predicted molar refractivity (Wildman–Crippen MR) is 86.9 cm³/mol. The minimum absolute atomic E-state index is 0.718. The number of benzene rings is 2. The second kappa shape index (κ2) is 5.51. The Morgan fingerprint density at radius 2 is 1.68 bits per heavy atom. The van der Waals surface area contributed by atoms with E-state index in [1.54, 1.807) is 0 Å². The number of hydrogen-bond acceptors (Lipinski definition) is 1. The van der Waals surface area contributed by atoms with Crippen LogP contribution in [0.2, 0.25) is 0 Å². The molecule has 1 aromatic heterocycles. The predicted octanol–water partition coefficient (Wildman–Crippen LogP) is 5.89. The van der Waals surface area contributed by atoms with Crippen molar-refractivity contribution in [2.45, 2.75) is 10.7 Å². The van der Waals surface area contributed by atoms with Gasteiger partial charge >= 0.3 is 0 Å². The Bertz CT molecular complexity index is 701. The molecule has 96 valence electrons. The fraction of sp³-hybridized carbons (Fsp3) is 0.125. The summed E-state index contributed by atoms with van der Waals surface area (Å²) < 4.78 is 5.94. The highest BCUT2D eigenvalue weighted by Gasteiger charge is 2.15. The Labute approximate surface area is 128 Å². The van der Waals surface area contributed by atoms with Crippen molar-refractivity contribution in [3.8, 4) is 11.1 Å². The van der Waals surface area contributed by atoms with Gasteiger partial charge in [0, 0.05) is 16.3 Å². The summed E-state index contributed by atoms with van der Waals surface area (Å²) in [5.41, 5.74) is 4.59. The first-order valence-electron chi connectivity index (χ1n) is 6.05. The van der Waals surface area contributed by atoms with Crippen LogP contribution < -0.4 is 0 Å². The second-order valence-electron chi connectivity index (χ2n) is 4.36. The zero-order chi connectivity index (χ0) is 13.2. The molecule has 1 nitrogen and oxygen atoms in total. The SMILES string of the molecule is BrCc1ccc2oc(CBr)c(-c3ccccc3)c2c1. The Hall–Kier alpha value is -1.06. The molecule has 0 unspecified atom stereocenters. The average Bonchev–Trinajstić information content (AvgIpc) is 2.85. The van der Waals surface area contributed by atoms with Crippen LogP contribution in [0.3, 0.4) is 0 Å². The van der Waals surface area contributed by atoms with E-state index in [4.69, 9.17) is 4.42 Å². The van der Waals surface area contributed by atoms with E-state index in [1.807, 2.05) is 12.1 Å². The molecule has 0 saturated heterocycles. The molecule has 0 saturated carbocycles. The molecule has 0 aliphatic rings. The van der Waals surface area contributed by atoms with Crippen LogP contribution in [0.1, 0.15) is 11.3 Å². The third-order valence-electron chi connectivity index (χ3n) is 3.16. The lowest BCUT2D eigenvalue weighted by molar-refractivity contribution is 0.577. The van der Waals surface area contributed by atoms with E-state index >= 15 is 0 Å². The van der Waals surface area contributed by atoms with Gasteiger partial charge in [-0.3, -0.25) is 0 Å². The highest BCUT2D eigenvalue weighted by molar-refractivity contribution is 9.08. The molecule has 0 fully saturated rings. The number of halogens is 2. The van der Waals surface area contributed by atoms with Gasteiger partial charge in [-0.2, -0.15) is 0 Å². The van der Waals surface area contributed by atoms with Gasteiger partial charge in [0.25, 0.3) is 0 Å². The van der Waals surface area contributed by atoms with Crippen molar-refractivity contribution in [1.29, 1.82) is 0 Å². The van der Waals surface area contributed by atoms with Gasteiger partial charge in [0.2, 0.25) is 0 Å². The fourth-order valence-electron chi connectivity index (χ4n) is 2.29. The lowest BCUT2D eigenvalue weighted by Gasteiger charge is -2.01. The Morgan fingerprint density at radius 3 is 2.37 bits per heavy atom. The fourth-order valence-corrected chi connectivity index (χ4v) is 3.04. The summed E-state index contributed by atoms with van der Waals surface area (Å²) in [5, 5.41) is 2.75. The van der Waals surface area contributed by atoms with Gasteiger partial charge in [0.15, 0.2) is 0 Å². The Balaban J connectivity index is 2.31. The van der Waals surface area contributed by atoms with E-state index < -0.39 is 0 Å². The van der Waals surface area contributed by atoms with Crippen molar-refractivity contribution in [1.82, 2.24) is 0 Å². The molecule has 3 rings (SSSR count). The number of furan rings is 1. The molecular formula is C16H12Br2O. The standard InChI is InChI=1S/C16H12Br2O/c17-9-11-6-7-14-13(8-11)16(15(10-18)19-14)12-4-2-1-3-5-12/h1-8H,9-10H2. The zero-order valence-corrected chi connectivity index (χ0v) is 13.4. The van der Waals surface area contributed by atoms with Crippen molar-refractivity contribution in [3.05, 3.63) is 59.9 Å². The van der Waals surface area contributed by atoms with E-state index in [2.05, 4.69) is 68.3 Å². The molecule has 1 heterocycles. The summed E-state index contributed by atoms with van der Waals surface area (Å²) in [6, 6.07) is 16.7. The van der Waals surface area contributed by atoms with Gasteiger partial charge in [-0.15, -0.1) is 0 Å². The first-order valence-corrected chi connectivity index (χ1v) is 8.29. The molecule has 3 heteroatoms. The zero-order valence-electron chi connectivity index (χ0n) is 10.2. The maximum absolute atomic E-state index is 5.94. The van der Waals surface area contributed by atoms with Gasteiger partial charge < -0.3 is 4.42 Å². The van der Waals surface area contributed by atoms with Gasteiger partial charge in [0.1, 0.15) is 11.3 Å². The molecule has 0 N–H and O–H groups in total. The Kier molecular flexibility index (Phi) is 3.76. The summed E-state index contributed by atoms with van der Waals surface area (Å²) in [6.07, 6.45) is 0. The molecule has 3 aromatic rings. The van der Waals surface area contributed by atoms with Crippen LogP contribution in [-0.2, 0) is 10.7 Å². The summed E-state index contributed by atoms with van der Waals surface area (Å²) in [4.78, 5) is 0. The normalized spacial score (nSPS) is 11.1. The van der Waals surface area contributed by atoms with Crippen LogP contribution in [-0.4, -0.2) is 0 Å². The molecule has 0 amide bonds. The second-order valence-corrected chi connectivity index (χ2v) is 5.49. The topological polar surface area (TPSA) is 13.1 Å². The number of rotatable bonds is 3. The summed E-state index contributed by atoms with van der Waals surface area (Å²) in [6.45, 7) is 0. The van der Waals surface area contributed by atoms with E-state index in [0.717, 1.165) is 22.0 Å². The smallest absolute Gasteiger partial charge is 0.134 e. The minimum atomic E-state index is 0.718. The number of fused-ring (bicyclic) bond motifs is 1. The summed E-state index contributed by atoms with van der Waals surface area (Å²) in [5.74, 6) is 0.980. The highest BCUT2D eigenvalue weighted by atomic mass is 79.9. The number of alkyl halides is 2. The molecule has 0 aliphatic heterocycles. The van der Waals surface area contributed by atoms with Crippen molar-refractivity contribution in [2.75, 3.05) is 0 Å². The van der Waals surface area contributed by atoms with E-state index in [-0.39, 0.29) is 0 Å². The van der Waals surface area contributed by atoms with Crippen molar-refractivity contribution >= 4 is 42.8 Å². The molecule has 0 aliphatic carbocycles. The van der Waals surface area contributed by atoms with Gasteiger partial charge in [-0.1, -0.05) is 68.3 Å². The maximum atomic E-state index is 5.94. The lowest BCUT2D eigenvalue weighted by Crippen LogP contribution is -1.81. The monoisotopic (exact) mass is 378 g/mol. The van der Waals surface area contributed by atoms with Gasteiger partial charge in [-0.25, -0.2) is 0 Å². The maximum Gasteiger partial charge on any atom is 0.134 e. The third kappa shape index (κ3) is 2.37. The van der Waals surface area contributed by atoms with E-state index in [9.17, 15) is 0 Å². The molecule has 0 atom stereocenters. The minimum Gasteiger partial charge on any atom is -0.460 e. The molecule has 0 spiro atoms. The van der Waals surface area contributed by atoms with Crippen LogP contribution in [0.5, 0.6) is 0 Å². The van der Waals surface area contributed by atoms with Crippen LogP contribution in [0, 0.1) is 0 Å². The van der Waals surface area contributed by atoms with Crippen molar-refractivity contribution in [3.63, 3.8) is 0 Å². The molecule has 2 aromatic carbocycles. The molecule has 0 bridgehead atoms. The summed E-state index contributed by atoms with van der Waals surface area (Å²) >= 11 is 7.02. The Morgan fingerprint density at radius 1 is 0.895 bits per heavy atom. The molecule has 19 heavy (non-hydrogen) atoms.